The maximum absolute atomic E-state index is 9.90. The van der Waals surface area contributed by atoms with Gasteiger partial charge in [0, 0.05) is 0 Å². The van der Waals surface area contributed by atoms with Crippen molar-refractivity contribution in [2.75, 3.05) is 6.61 Å². The Balaban J connectivity index is 2.54. The Bertz CT molecular complexity index is 195. The number of rotatable bonds is 3. The van der Waals surface area contributed by atoms with Gasteiger partial charge in [-0.1, -0.05) is 13.8 Å². The van der Waals surface area contributed by atoms with Crippen LogP contribution in [0.3, 0.4) is 0 Å². The first kappa shape index (κ1) is 13.0. The van der Waals surface area contributed by atoms with Crippen LogP contribution in [-0.4, -0.2) is 23.4 Å². The summed E-state index contributed by atoms with van der Waals surface area (Å²) in [6.45, 7) is 11.3. The second-order valence-corrected chi connectivity index (χ2v) is 6.40. The van der Waals surface area contributed by atoms with E-state index in [1.165, 1.54) is 6.42 Å². The number of aliphatic hydroxyl groups is 1. The van der Waals surface area contributed by atoms with Crippen molar-refractivity contribution in [3.05, 3.63) is 0 Å². The van der Waals surface area contributed by atoms with Gasteiger partial charge in [0.1, 0.15) is 0 Å². The monoisotopic (exact) mass is 214 g/mol. The maximum Gasteiger partial charge on any atom is 0.0597 e. The summed E-state index contributed by atoms with van der Waals surface area (Å²) in [6, 6.07) is 0. The predicted molar refractivity (Wildman–Crippen MR) is 62.8 cm³/mol. The molecule has 2 atom stereocenters. The minimum absolute atomic E-state index is 0.165. The van der Waals surface area contributed by atoms with Gasteiger partial charge in [0.05, 0.1) is 18.3 Å². The molecule has 2 nitrogen and oxygen atoms in total. The van der Waals surface area contributed by atoms with Crippen LogP contribution in [-0.2, 0) is 4.74 Å². The van der Waals surface area contributed by atoms with Crippen molar-refractivity contribution in [3.8, 4) is 0 Å². The Kier molecular flexibility index (Phi) is 3.83. The van der Waals surface area contributed by atoms with E-state index in [1.54, 1.807) is 0 Å². The first-order chi connectivity index (χ1) is 6.71. The quantitative estimate of drug-likeness (QED) is 0.782. The summed E-state index contributed by atoms with van der Waals surface area (Å²) >= 11 is 0. The molecule has 1 N–H and O–H groups in total. The van der Waals surface area contributed by atoms with Gasteiger partial charge in [-0.2, -0.15) is 0 Å². The molecule has 1 aliphatic rings. The van der Waals surface area contributed by atoms with Crippen molar-refractivity contribution in [2.24, 2.45) is 11.3 Å². The Morgan fingerprint density at radius 3 is 2.20 bits per heavy atom. The molecule has 1 aliphatic heterocycles. The van der Waals surface area contributed by atoms with E-state index >= 15 is 0 Å². The molecule has 0 spiro atoms. The Morgan fingerprint density at radius 2 is 1.80 bits per heavy atom. The van der Waals surface area contributed by atoms with Crippen LogP contribution in [0, 0.1) is 11.3 Å². The molecule has 0 amide bonds. The lowest BCUT2D eigenvalue weighted by Crippen LogP contribution is -2.39. The van der Waals surface area contributed by atoms with Crippen LogP contribution in [0.2, 0.25) is 0 Å². The molecule has 90 valence electrons. The van der Waals surface area contributed by atoms with Gasteiger partial charge in [0.15, 0.2) is 0 Å². The molecular formula is C13H26O2. The lowest BCUT2D eigenvalue weighted by molar-refractivity contribution is -0.0648. The van der Waals surface area contributed by atoms with E-state index in [-0.39, 0.29) is 5.41 Å². The van der Waals surface area contributed by atoms with Crippen LogP contribution < -0.4 is 0 Å². The van der Waals surface area contributed by atoms with E-state index in [1.807, 2.05) is 13.8 Å². The van der Waals surface area contributed by atoms with Gasteiger partial charge in [0.2, 0.25) is 0 Å². The fourth-order valence-electron chi connectivity index (χ4n) is 2.76. The third-order valence-corrected chi connectivity index (χ3v) is 3.50. The van der Waals surface area contributed by atoms with Gasteiger partial charge < -0.3 is 9.84 Å². The first-order valence-electron chi connectivity index (χ1n) is 6.05. The molecule has 1 rings (SSSR count). The van der Waals surface area contributed by atoms with E-state index in [2.05, 4.69) is 20.8 Å². The number of ether oxygens (including phenoxy) is 1. The summed E-state index contributed by atoms with van der Waals surface area (Å²) in [5.41, 5.74) is -0.412. The smallest absolute Gasteiger partial charge is 0.0597 e. The zero-order chi connectivity index (χ0) is 11.7. The summed E-state index contributed by atoms with van der Waals surface area (Å²) in [7, 11) is 0. The molecule has 15 heavy (non-hydrogen) atoms. The molecule has 0 aromatic heterocycles. The lowest BCUT2D eigenvalue weighted by atomic mass is 9.70. The van der Waals surface area contributed by atoms with E-state index in [0.717, 1.165) is 19.4 Å². The van der Waals surface area contributed by atoms with E-state index in [0.29, 0.717) is 12.0 Å². The Hall–Kier alpha value is -0.0800. The van der Waals surface area contributed by atoms with Crippen LogP contribution in [0.15, 0.2) is 0 Å². The van der Waals surface area contributed by atoms with E-state index in [9.17, 15) is 5.11 Å². The highest BCUT2D eigenvalue weighted by Crippen LogP contribution is 2.40. The van der Waals surface area contributed by atoms with Gasteiger partial charge in [-0.15, -0.1) is 0 Å². The Morgan fingerprint density at radius 1 is 1.20 bits per heavy atom. The Labute approximate surface area is 94.0 Å². The van der Waals surface area contributed by atoms with Crippen LogP contribution in [0.4, 0.5) is 0 Å². The van der Waals surface area contributed by atoms with Crippen molar-refractivity contribution in [1.82, 2.24) is 0 Å². The van der Waals surface area contributed by atoms with Gasteiger partial charge >= 0.3 is 0 Å². The van der Waals surface area contributed by atoms with Gasteiger partial charge in [0.25, 0.3) is 0 Å². The average Bonchev–Trinajstić information content (AvgIpc) is 2.00. The standard InChI is InChI=1S/C13H26O2/c1-10-6-7-11(8-15-10)12(2,3)9-13(4,5)14/h10-11,14H,6-9H2,1-5H3. The third kappa shape index (κ3) is 4.12. The SMILES string of the molecule is CC1CCC(C(C)(C)CC(C)(C)O)CO1. The van der Waals surface area contributed by atoms with Gasteiger partial charge in [-0.25, -0.2) is 0 Å². The van der Waals surface area contributed by atoms with E-state index in [4.69, 9.17) is 4.74 Å². The summed E-state index contributed by atoms with van der Waals surface area (Å²) in [6.07, 6.45) is 3.63. The van der Waals surface area contributed by atoms with Crippen molar-refractivity contribution in [3.63, 3.8) is 0 Å². The van der Waals surface area contributed by atoms with Crippen LogP contribution >= 0.6 is 0 Å². The minimum Gasteiger partial charge on any atom is -0.390 e. The van der Waals surface area contributed by atoms with Crippen molar-refractivity contribution in [2.45, 2.75) is 65.6 Å². The third-order valence-electron chi connectivity index (χ3n) is 3.50. The molecule has 2 unspecified atom stereocenters. The van der Waals surface area contributed by atoms with Crippen LogP contribution in [0.1, 0.15) is 53.9 Å². The molecule has 0 radical (unpaired) electrons. The van der Waals surface area contributed by atoms with Crippen molar-refractivity contribution in [1.29, 1.82) is 0 Å². The average molecular weight is 214 g/mol. The van der Waals surface area contributed by atoms with Crippen LogP contribution in [0.5, 0.6) is 0 Å². The summed E-state index contributed by atoms with van der Waals surface area (Å²) < 4.78 is 5.71. The molecule has 2 heteroatoms. The molecule has 1 heterocycles. The van der Waals surface area contributed by atoms with Crippen molar-refractivity contribution >= 4 is 0 Å². The highest BCUT2D eigenvalue weighted by atomic mass is 16.5. The fourth-order valence-corrected chi connectivity index (χ4v) is 2.76. The second-order valence-electron chi connectivity index (χ2n) is 6.40. The minimum atomic E-state index is -0.577. The summed E-state index contributed by atoms with van der Waals surface area (Å²) in [4.78, 5) is 0. The molecule has 0 aromatic carbocycles. The molecule has 1 saturated heterocycles. The molecule has 0 bridgehead atoms. The molecule has 0 saturated carbocycles. The highest BCUT2D eigenvalue weighted by Gasteiger charge is 2.36. The van der Waals surface area contributed by atoms with Crippen LogP contribution in [0.25, 0.3) is 0 Å². The summed E-state index contributed by atoms with van der Waals surface area (Å²) in [5, 5.41) is 9.90. The predicted octanol–water partition coefficient (Wildman–Crippen LogP) is 2.99. The molecular weight excluding hydrogens is 188 g/mol. The van der Waals surface area contributed by atoms with Gasteiger partial charge in [-0.05, 0) is 51.4 Å². The fraction of sp³-hybridized carbons (Fsp3) is 1.00. The topological polar surface area (TPSA) is 29.5 Å². The van der Waals surface area contributed by atoms with Gasteiger partial charge in [-0.3, -0.25) is 0 Å². The highest BCUT2D eigenvalue weighted by molar-refractivity contribution is 4.86. The molecule has 0 aliphatic carbocycles. The summed E-state index contributed by atoms with van der Waals surface area (Å²) in [5.74, 6) is 0.583. The zero-order valence-electron chi connectivity index (χ0n) is 10.8. The molecule has 0 aromatic rings. The molecule has 1 fully saturated rings. The van der Waals surface area contributed by atoms with Crippen molar-refractivity contribution < 1.29 is 9.84 Å². The number of hydrogen-bond donors (Lipinski definition) is 1. The largest absolute Gasteiger partial charge is 0.390 e. The second kappa shape index (κ2) is 4.42. The first-order valence-corrected chi connectivity index (χ1v) is 6.05. The van der Waals surface area contributed by atoms with E-state index < -0.39 is 5.60 Å². The normalized spacial score (nSPS) is 29.2. The zero-order valence-corrected chi connectivity index (χ0v) is 10.8. The lowest BCUT2D eigenvalue weighted by Gasteiger charge is -2.41. The number of hydrogen-bond acceptors (Lipinski definition) is 2. The maximum atomic E-state index is 9.90.